The minimum absolute atomic E-state index is 0.219. The zero-order valence-corrected chi connectivity index (χ0v) is 19.9. The van der Waals surface area contributed by atoms with Crippen LogP contribution < -0.4 is 10.2 Å². The molecule has 1 saturated heterocycles. The minimum Gasteiger partial charge on any atom is -0.412 e. The Morgan fingerprint density at radius 1 is 1.17 bits per heavy atom. The molecule has 0 spiro atoms. The van der Waals surface area contributed by atoms with Crippen LogP contribution in [0.3, 0.4) is 0 Å². The molecule has 7 heteroatoms. The van der Waals surface area contributed by atoms with Crippen LogP contribution in [0.4, 0.5) is 11.8 Å². The van der Waals surface area contributed by atoms with Crippen molar-refractivity contribution in [2.24, 2.45) is 0 Å². The normalized spacial score (nSPS) is 20.2. The summed E-state index contributed by atoms with van der Waals surface area (Å²) in [5, 5.41) is 3.29. The van der Waals surface area contributed by atoms with Crippen molar-refractivity contribution in [1.82, 2.24) is 15.0 Å². The Labute approximate surface area is 176 Å². The van der Waals surface area contributed by atoms with Crippen molar-refractivity contribution in [3.63, 3.8) is 0 Å². The molecule has 1 aliphatic rings. The number of rotatable bonds is 6. The van der Waals surface area contributed by atoms with E-state index in [1.54, 1.807) is 6.20 Å². The van der Waals surface area contributed by atoms with Crippen LogP contribution in [0, 0.1) is 0 Å². The number of nitrogens with one attached hydrogen (secondary N) is 1. The van der Waals surface area contributed by atoms with Gasteiger partial charge in [0, 0.05) is 43.8 Å². The van der Waals surface area contributed by atoms with Gasteiger partial charge in [-0.05, 0) is 48.7 Å². The monoisotopic (exact) mass is 413 g/mol. The fourth-order valence-corrected chi connectivity index (χ4v) is 4.91. The van der Waals surface area contributed by atoms with Crippen LogP contribution >= 0.6 is 0 Å². The van der Waals surface area contributed by atoms with E-state index in [1.165, 1.54) is 0 Å². The van der Waals surface area contributed by atoms with E-state index in [4.69, 9.17) is 14.4 Å². The molecule has 0 aromatic carbocycles. The van der Waals surface area contributed by atoms with Crippen molar-refractivity contribution in [3.05, 3.63) is 30.7 Å². The van der Waals surface area contributed by atoms with Gasteiger partial charge in [-0.25, -0.2) is 15.0 Å². The second-order valence-electron chi connectivity index (χ2n) is 9.40. The molecule has 29 heavy (non-hydrogen) atoms. The van der Waals surface area contributed by atoms with Gasteiger partial charge < -0.3 is 14.6 Å². The summed E-state index contributed by atoms with van der Waals surface area (Å²) in [4.78, 5) is 16.0. The van der Waals surface area contributed by atoms with Crippen LogP contribution in [0.15, 0.2) is 30.7 Å². The summed E-state index contributed by atoms with van der Waals surface area (Å²) in [6, 6.07) is 4.41. The molecule has 2 atom stereocenters. The van der Waals surface area contributed by atoms with E-state index in [2.05, 4.69) is 56.0 Å². The second kappa shape index (κ2) is 8.40. The SMILES string of the molecule is CCC1CC(O[Si](C)(C)C(C)(C)C)CN1c1ncc(-c2ccnc(NC)c2)cn1. The van der Waals surface area contributed by atoms with Gasteiger partial charge in [0.2, 0.25) is 5.95 Å². The topological polar surface area (TPSA) is 63.2 Å². The summed E-state index contributed by atoms with van der Waals surface area (Å²) in [5.41, 5.74) is 2.05. The highest BCUT2D eigenvalue weighted by Crippen LogP contribution is 2.39. The molecular weight excluding hydrogens is 378 g/mol. The predicted octanol–water partition coefficient (Wildman–Crippen LogP) is 4.96. The van der Waals surface area contributed by atoms with E-state index in [0.717, 1.165) is 42.3 Å². The number of hydrogen-bond acceptors (Lipinski definition) is 6. The molecule has 158 valence electrons. The number of nitrogens with zero attached hydrogens (tertiary/aromatic N) is 4. The lowest BCUT2D eigenvalue weighted by Gasteiger charge is -2.38. The van der Waals surface area contributed by atoms with Crippen LogP contribution in [-0.4, -0.2) is 49.0 Å². The molecule has 3 rings (SSSR count). The molecule has 2 unspecified atom stereocenters. The third-order valence-corrected chi connectivity index (χ3v) is 10.9. The van der Waals surface area contributed by atoms with Crippen LogP contribution in [-0.2, 0) is 4.43 Å². The summed E-state index contributed by atoms with van der Waals surface area (Å²) in [6.07, 6.45) is 7.98. The van der Waals surface area contributed by atoms with Crippen molar-refractivity contribution in [1.29, 1.82) is 0 Å². The molecule has 0 bridgehead atoms. The van der Waals surface area contributed by atoms with Crippen LogP contribution in [0.2, 0.25) is 18.1 Å². The fraction of sp³-hybridized carbons (Fsp3) is 0.591. The van der Waals surface area contributed by atoms with E-state index in [9.17, 15) is 0 Å². The van der Waals surface area contributed by atoms with Crippen molar-refractivity contribution in [2.75, 3.05) is 23.8 Å². The Kier molecular flexibility index (Phi) is 6.29. The molecule has 1 N–H and O–H groups in total. The molecule has 6 nitrogen and oxygen atoms in total. The standard InChI is InChI=1S/C22H35N5OSi/c1-8-18-12-19(28-29(6,7)22(2,3)4)15-27(18)21-25-13-17(14-26-21)16-9-10-24-20(11-16)23-5/h9-11,13-14,18-19H,8,12,15H2,1-7H3,(H,23,24). The maximum Gasteiger partial charge on any atom is 0.225 e. The summed E-state index contributed by atoms with van der Waals surface area (Å²) >= 11 is 0. The number of hydrogen-bond donors (Lipinski definition) is 1. The van der Waals surface area contributed by atoms with Crippen LogP contribution in [0.5, 0.6) is 0 Å². The smallest absolute Gasteiger partial charge is 0.225 e. The van der Waals surface area contributed by atoms with Crippen molar-refractivity contribution < 1.29 is 4.43 Å². The van der Waals surface area contributed by atoms with Gasteiger partial charge in [-0.2, -0.15) is 0 Å². The highest BCUT2D eigenvalue weighted by atomic mass is 28.4. The van der Waals surface area contributed by atoms with Gasteiger partial charge in [-0.15, -0.1) is 0 Å². The maximum atomic E-state index is 6.69. The van der Waals surface area contributed by atoms with Gasteiger partial charge in [0.25, 0.3) is 0 Å². The summed E-state index contributed by atoms with van der Waals surface area (Å²) in [5.74, 6) is 1.63. The Balaban J connectivity index is 1.75. The Morgan fingerprint density at radius 2 is 1.86 bits per heavy atom. The molecule has 1 aliphatic heterocycles. The maximum absolute atomic E-state index is 6.69. The molecular formula is C22H35N5OSi. The average Bonchev–Trinajstić information content (AvgIpc) is 3.09. The lowest BCUT2D eigenvalue weighted by Crippen LogP contribution is -2.44. The summed E-state index contributed by atoms with van der Waals surface area (Å²) in [7, 11) is 0.0830. The Hall–Kier alpha value is -1.99. The quantitative estimate of drug-likeness (QED) is 0.675. The largest absolute Gasteiger partial charge is 0.412 e. The molecule has 2 aromatic rings. The molecule has 0 amide bonds. The lowest BCUT2D eigenvalue weighted by molar-refractivity contribution is 0.198. The number of pyridine rings is 1. The molecule has 2 aromatic heterocycles. The second-order valence-corrected chi connectivity index (χ2v) is 14.2. The number of anilines is 2. The first-order chi connectivity index (χ1) is 13.6. The van der Waals surface area contributed by atoms with E-state index in [-0.39, 0.29) is 11.1 Å². The highest BCUT2D eigenvalue weighted by molar-refractivity contribution is 6.74. The van der Waals surface area contributed by atoms with Crippen LogP contribution in [0.25, 0.3) is 11.1 Å². The Bertz CT molecular complexity index is 819. The first kappa shape index (κ1) is 21.7. The Morgan fingerprint density at radius 3 is 2.45 bits per heavy atom. The molecule has 1 fully saturated rings. The van der Waals surface area contributed by atoms with Crippen molar-refractivity contribution >= 4 is 20.1 Å². The zero-order valence-electron chi connectivity index (χ0n) is 18.9. The molecule has 0 aliphatic carbocycles. The minimum atomic E-state index is -1.78. The highest BCUT2D eigenvalue weighted by Gasteiger charge is 2.42. The van der Waals surface area contributed by atoms with E-state index >= 15 is 0 Å². The fourth-order valence-electron chi connectivity index (χ4n) is 3.55. The first-order valence-electron chi connectivity index (χ1n) is 10.6. The third-order valence-electron chi connectivity index (χ3n) is 6.36. The van der Waals surface area contributed by atoms with E-state index in [0.29, 0.717) is 6.04 Å². The average molecular weight is 414 g/mol. The predicted molar refractivity (Wildman–Crippen MR) is 123 cm³/mol. The van der Waals surface area contributed by atoms with Gasteiger partial charge in [0.1, 0.15) is 5.82 Å². The summed E-state index contributed by atoms with van der Waals surface area (Å²) < 4.78 is 6.69. The van der Waals surface area contributed by atoms with Gasteiger partial charge in [-0.3, -0.25) is 0 Å². The van der Waals surface area contributed by atoms with Crippen molar-refractivity contribution in [2.45, 2.75) is 70.8 Å². The molecule has 3 heterocycles. The number of aromatic nitrogens is 3. The van der Waals surface area contributed by atoms with Crippen LogP contribution in [0.1, 0.15) is 40.5 Å². The first-order valence-corrected chi connectivity index (χ1v) is 13.5. The third kappa shape index (κ3) is 4.78. The van der Waals surface area contributed by atoms with Gasteiger partial charge in [0.15, 0.2) is 8.32 Å². The molecule has 0 saturated carbocycles. The van der Waals surface area contributed by atoms with Crippen molar-refractivity contribution in [3.8, 4) is 11.1 Å². The summed E-state index contributed by atoms with van der Waals surface area (Å²) in [6.45, 7) is 14.6. The van der Waals surface area contributed by atoms with Gasteiger partial charge >= 0.3 is 0 Å². The zero-order chi connectivity index (χ0) is 21.2. The van der Waals surface area contributed by atoms with Gasteiger partial charge in [-0.1, -0.05) is 27.7 Å². The molecule has 0 radical (unpaired) electrons. The van der Waals surface area contributed by atoms with E-state index < -0.39 is 8.32 Å². The van der Waals surface area contributed by atoms with Gasteiger partial charge in [0.05, 0.1) is 6.10 Å². The van der Waals surface area contributed by atoms with E-state index in [1.807, 2.05) is 31.6 Å². The lowest BCUT2D eigenvalue weighted by atomic mass is 10.1.